The van der Waals surface area contributed by atoms with Crippen molar-refractivity contribution in [1.29, 1.82) is 0 Å². The standard InChI is InChI=1S/C18H17F4N3O/c19-12-5-16(24-7-12)18(26)25-8-13-6-14(15(20)9-23-13)10-1-3-11(4-2-10)17(21)22/h1-4,6,9,12,16-17,24H,5,7-8H2,(H,25,26)/t12-,16-/m1/s1. The molecule has 1 fully saturated rings. The van der Waals surface area contributed by atoms with E-state index in [-0.39, 0.29) is 36.5 Å². The molecule has 0 saturated carbocycles. The van der Waals surface area contributed by atoms with Gasteiger partial charge in [-0.1, -0.05) is 24.3 Å². The number of pyridine rings is 1. The Balaban J connectivity index is 1.70. The van der Waals surface area contributed by atoms with Crippen molar-refractivity contribution in [3.63, 3.8) is 0 Å². The maximum atomic E-state index is 14.1. The van der Waals surface area contributed by atoms with Crippen LogP contribution in [0.1, 0.15) is 24.1 Å². The van der Waals surface area contributed by atoms with Crippen LogP contribution in [0.25, 0.3) is 11.1 Å². The number of rotatable bonds is 5. The van der Waals surface area contributed by atoms with Gasteiger partial charge < -0.3 is 10.6 Å². The van der Waals surface area contributed by atoms with Crippen molar-refractivity contribution in [2.24, 2.45) is 0 Å². The molecule has 2 N–H and O–H groups in total. The molecule has 0 radical (unpaired) electrons. The summed E-state index contributed by atoms with van der Waals surface area (Å²) in [5.41, 5.74) is 0.890. The topological polar surface area (TPSA) is 54.0 Å². The maximum absolute atomic E-state index is 14.1. The van der Waals surface area contributed by atoms with Crippen molar-refractivity contribution in [2.45, 2.75) is 31.6 Å². The second-order valence-corrected chi connectivity index (χ2v) is 6.09. The van der Waals surface area contributed by atoms with Crippen LogP contribution in [0.3, 0.4) is 0 Å². The van der Waals surface area contributed by atoms with Crippen LogP contribution in [0.2, 0.25) is 0 Å². The number of halogens is 4. The van der Waals surface area contributed by atoms with Gasteiger partial charge in [-0.3, -0.25) is 9.78 Å². The molecule has 1 saturated heterocycles. The minimum absolute atomic E-state index is 0.0519. The van der Waals surface area contributed by atoms with Gasteiger partial charge in [-0.05, 0) is 11.6 Å². The van der Waals surface area contributed by atoms with Gasteiger partial charge in [-0.25, -0.2) is 17.6 Å². The number of nitrogens with one attached hydrogen (secondary N) is 2. The molecule has 1 aliphatic rings. The number of hydrogen-bond acceptors (Lipinski definition) is 3. The quantitative estimate of drug-likeness (QED) is 0.799. The molecular weight excluding hydrogens is 350 g/mol. The second kappa shape index (κ2) is 7.82. The molecule has 4 nitrogen and oxygen atoms in total. The van der Waals surface area contributed by atoms with E-state index in [1.807, 2.05) is 0 Å². The van der Waals surface area contributed by atoms with Crippen LogP contribution in [0.15, 0.2) is 36.5 Å². The summed E-state index contributed by atoms with van der Waals surface area (Å²) in [7, 11) is 0. The number of alkyl halides is 3. The molecular formula is C18H17F4N3O. The van der Waals surface area contributed by atoms with Crippen molar-refractivity contribution in [3.05, 3.63) is 53.6 Å². The molecule has 3 rings (SSSR count). The fraction of sp³-hybridized carbons (Fsp3) is 0.333. The van der Waals surface area contributed by atoms with Gasteiger partial charge in [0.25, 0.3) is 6.43 Å². The minimum Gasteiger partial charge on any atom is -0.349 e. The molecule has 138 valence electrons. The Labute approximate surface area is 147 Å². The molecule has 1 aliphatic heterocycles. The Bertz CT molecular complexity index is 783. The molecule has 0 bridgehead atoms. The molecule has 0 aliphatic carbocycles. The summed E-state index contributed by atoms with van der Waals surface area (Å²) in [5, 5.41) is 5.41. The summed E-state index contributed by atoms with van der Waals surface area (Å²) in [4.78, 5) is 15.9. The zero-order valence-electron chi connectivity index (χ0n) is 13.7. The number of carbonyl (C=O) groups excluding carboxylic acids is 1. The third-order valence-electron chi connectivity index (χ3n) is 4.22. The molecule has 2 aromatic rings. The van der Waals surface area contributed by atoms with E-state index in [2.05, 4.69) is 15.6 Å². The van der Waals surface area contributed by atoms with Gasteiger partial charge in [0.15, 0.2) is 0 Å². The molecule has 1 aromatic heterocycles. The molecule has 0 spiro atoms. The normalized spacial score (nSPS) is 19.7. The Morgan fingerprint density at radius 2 is 2.04 bits per heavy atom. The van der Waals surface area contributed by atoms with E-state index >= 15 is 0 Å². The average molecular weight is 367 g/mol. The SMILES string of the molecule is O=C(NCc1cc(-c2ccc(C(F)F)cc2)c(F)cn1)[C@H]1C[C@@H](F)CN1. The highest BCUT2D eigenvalue weighted by Gasteiger charge is 2.28. The van der Waals surface area contributed by atoms with Crippen LogP contribution in [0.5, 0.6) is 0 Å². The maximum Gasteiger partial charge on any atom is 0.263 e. The van der Waals surface area contributed by atoms with Crippen molar-refractivity contribution in [1.82, 2.24) is 15.6 Å². The van der Waals surface area contributed by atoms with E-state index in [1.165, 1.54) is 30.3 Å². The van der Waals surface area contributed by atoms with E-state index in [4.69, 9.17) is 0 Å². The summed E-state index contributed by atoms with van der Waals surface area (Å²) in [6, 6.07) is 6.15. The highest BCUT2D eigenvalue weighted by molar-refractivity contribution is 5.82. The second-order valence-electron chi connectivity index (χ2n) is 6.09. The first kappa shape index (κ1) is 18.3. The lowest BCUT2D eigenvalue weighted by Crippen LogP contribution is -2.40. The summed E-state index contributed by atoms with van der Waals surface area (Å²) < 4.78 is 52.4. The van der Waals surface area contributed by atoms with Crippen LogP contribution < -0.4 is 10.6 Å². The summed E-state index contributed by atoms with van der Waals surface area (Å²) in [6.45, 7) is 0.196. The highest BCUT2D eigenvalue weighted by atomic mass is 19.3. The van der Waals surface area contributed by atoms with E-state index in [9.17, 15) is 22.4 Å². The molecule has 8 heteroatoms. The number of hydrogen-bond donors (Lipinski definition) is 2. The third-order valence-corrected chi connectivity index (χ3v) is 4.22. The minimum atomic E-state index is -2.59. The van der Waals surface area contributed by atoms with Crippen LogP contribution in [-0.2, 0) is 11.3 Å². The van der Waals surface area contributed by atoms with Crippen molar-refractivity contribution >= 4 is 5.91 Å². The van der Waals surface area contributed by atoms with Gasteiger partial charge in [-0.15, -0.1) is 0 Å². The smallest absolute Gasteiger partial charge is 0.263 e. The van der Waals surface area contributed by atoms with Crippen LogP contribution in [-0.4, -0.2) is 29.6 Å². The van der Waals surface area contributed by atoms with Crippen LogP contribution in [0, 0.1) is 5.82 Å². The molecule has 26 heavy (non-hydrogen) atoms. The zero-order chi connectivity index (χ0) is 18.7. The molecule has 2 heterocycles. The van der Waals surface area contributed by atoms with Crippen LogP contribution >= 0.6 is 0 Å². The molecule has 1 amide bonds. The Morgan fingerprint density at radius 1 is 1.31 bits per heavy atom. The lowest BCUT2D eigenvalue weighted by atomic mass is 10.0. The van der Waals surface area contributed by atoms with E-state index < -0.39 is 24.5 Å². The van der Waals surface area contributed by atoms with Crippen molar-refractivity contribution in [3.8, 4) is 11.1 Å². The van der Waals surface area contributed by atoms with Gasteiger partial charge >= 0.3 is 0 Å². The molecule has 2 atom stereocenters. The Hall–Kier alpha value is -2.48. The van der Waals surface area contributed by atoms with Gasteiger partial charge in [0.2, 0.25) is 5.91 Å². The Kier molecular flexibility index (Phi) is 5.51. The largest absolute Gasteiger partial charge is 0.349 e. The number of benzene rings is 1. The van der Waals surface area contributed by atoms with Gasteiger partial charge in [0.1, 0.15) is 12.0 Å². The fourth-order valence-corrected chi connectivity index (χ4v) is 2.80. The first-order chi connectivity index (χ1) is 12.4. The number of nitrogens with zero attached hydrogens (tertiary/aromatic N) is 1. The number of amides is 1. The zero-order valence-corrected chi connectivity index (χ0v) is 13.7. The number of carbonyl (C=O) groups is 1. The van der Waals surface area contributed by atoms with E-state index in [0.717, 1.165) is 6.20 Å². The predicted octanol–water partition coefficient (Wildman–Crippen LogP) is 3.14. The van der Waals surface area contributed by atoms with E-state index in [1.54, 1.807) is 0 Å². The fourth-order valence-electron chi connectivity index (χ4n) is 2.80. The van der Waals surface area contributed by atoms with Crippen LogP contribution in [0.4, 0.5) is 17.6 Å². The number of aromatic nitrogens is 1. The first-order valence-electron chi connectivity index (χ1n) is 8.12. The van der Waals surface area contributed by atoms with Crippen molar-refractivity contribution in [2.75, 3.05) is 6.54 Å². The summed E-state index contributed by atoms with van der Waals surface area (Å²) >= 11 is 0. The van der Waals surface area contributed by atoms with Crippen molar-refractivity contribution < 1.29 is 22.4 Å². The Morgan fingerprint density at radius 3 is 2.65 bits per heavy atom. The van der Waals surface area contributed by atoms with Gasteiger partial charge in [0, 0.05) is 24.1 Å². The van der Waals surface area contributed by atoms with Gasteiger partial charge in [-0.2, -0.15) is 0 Å². The lowest BCUT2D eigenvalue weighted by molar-refractivity contribution is -0.123. The predicted molar refractivity (Wildman–Crippen MR) is 87.7 cm³/mol. The molecule has 1 aromatic carbocycles. The van der Waals surface area contributed by atoms with Gasteiger partial charge in [0.05, 0.1) is 24.5 Å². The van der Waals surface area contributed by atoms with E-state index in [0.29, 0.717) is 11.3 Å². The summed E-state index contributed by atoms with van der Waals surface area (Å²) in [5.74, 6) is -0.943. The average Bonchev–Trinajstić information content (AvgIpc) is 3.07. The monoisotopic (exact) mass is 367 g/mol. The molecule has 0 unspecified atom stereocenters. The summed E-state index contributed by atoms with van der Waals surface area (Å²) in [6.07, 6.45) is -2.50. The lowest BCUT2D eigenvalue weighted by Gasteiger charge is -2.12. The third kappa shape index (κ3) is 4.19. The first-order valence-corrected chi connectivity index (χ1v) is 8.12. The highest BCUT2D eigenvalue weighted by Crippen LogP contribution is 2.26.